The van der Waals surface area contributed by atoms with Crippen molar-refractivity contribution < 1.29 is 9.18 Å². The lowest BCUT2D eigenvalue weighted by Gasteiger charge is -2.33. The Morgan fingerprint density at radius 1 is 1.22 bits per heavy atom. The number of nitrogens with one attached hydrogen (secondary N) is 2. The maximum atomic E-state index is 13.6. The van der Waals surface area contributed by atoms with E-state index in [1.165, 1.54) is 44.2 Å². The molecule has 0 spiro atoms. The summed E-state index contributed by atoms with van der Waals surface area (Å²) in [7, 11) is 0. The highest BCUT2D eigenvalue weighted by Gasteiger charge is 2.29. The lowest BCUT2D eigenvalue weighted by Crippen LogP contribution is -2.48. The van der Waals surface area contributed by atoms with E-state index in [2.05, 4.69) is 26.6 Å². The van der Waals surface area contributed by atoms with E-state index in [9.17, 15) is 9.18 Å². The van der Waals surface area contributed by atoms with E-state index < -0.39 is 0 Å². The lowest BCUT2D eigenvalue weighted by atomic mass is 9.91. The van der Waals surface area contributed by atoms with Crippen molar-refractivity contribution >= 4 is 5.91 Å². The zero-order chi connectivity index (χ0) is 18.6. The Kier molecular flexibility index (Phi) is 5.53. The molecule has 2 heterocycles. The first-order chi connectivity index (χ1) is 13.2. The maximum absolute atomic E-state index is 13.6. The molecule has 0 unspecified atom stereocenters. The van der Waals surface area contributed by atoms with Crippen LogP contribution in [0.25, 0.3) is 0 Å². The smallest absolute Gasteiger partial charge is 0.220 e. The van der Waals surface area contributed by atoms with Crippen molar-refractivity contribution in [3.63, 3.8) is 0 Å². The number of halogens is 1. The summed E-state index contributed by atoms with van der Waals surface area (Å²) in [6, 6.07) is 6.88. The van der Waals surface area contributed by atoms with Crippen LogP contribution in [0.1, 0.15) is 68.2 Å². The van der Waals surface area contributed by atoms with Gasteiger partial charge in [-0.2, -0.15) is 5.10 Å². The summed E-state index contributed by atoms with van der Waals surface area (Å²) in [6.07, 6.45) is 11.6. The van der Waals surface area contributed by atoms with Crippen molar-refractivity contribution in [1.29, 1.82) is 0 Å². The third kappa shape index (κ3) is 4.38. The van der Waals surface area contributed by atoms with Gasteiger partial charge in [0.15, 0.2) is 0 Å². The second kappa shape index (κ2) is 8.21. The fraction of sp³-hybridized carbons (Fsp3) is 0.524. The molecule has 0 bridgehead atoms. The number of piperidine rings is 1. The van der Waals surface area contributed by atoms with Gasteiger partial charge in [-0.05, 0) is 37.0 Å². The van der Waals surface area contributed by atoms with Crippen molar-refractivity contribution in [3.8, 4) is 0 Å². The van der Waals surface area contributed by atoms with Gasteiger partial charge in [0.05, 0.1) is 18.3 Å². The summed E-state index contributed by atoms with van der Waals surface area (Å²) in [5.74, 6) is -0.257. The summed E-state index contributed by atoms with van der Waals surface area (Å²) < 4.78 is 15.7. The molecule has 4 rings (SSSR count). The topological polar surface area (TPSA) is 59.0 Å². The van der Waals surface area contributed by atoms with Gasteiger partial charge in [-0.3, -0.25) is 9.48 Å². The highest BCUT2D eigenvalue weighted by molar-refractivity contribution is 5.77. The number of carbonyl (C=O) groups excluding carboxylic acids is 1. The zero-order valence-corrected chi connectivity index (χ0v) is 15.5. The van der Waals surface area contributed by atoms with Gasteiger partial charge in [-0.25, -0.2) is 4.39 Å². The predicted molar refractivity (Wildman–Crippen MR) is 101 cm³/mol. The minimum Gasteiger partial charge on any atom is -0.348 e. The highest BCUT2D eigenvalue weighted by Crippen LogP contribution is 2.28. The Morgan fingerprint density at radius 3 is 2.89 bits per heavy atom. The predicted octanol–water partition coefficient (Wildman–Crippen LogP) is 3.64. The van der Waals surface area contributed by atoms with Gasteiger partial charge in [0.1, 0.15) is 5.82 Å². The van der Waals surface area contributed by atoms with Gasteiger partial charge in [-0.15, -0.1) is 0 Å². The lowest BCUT2D eigenvalue weighted by molar-refractivity contribution is -0.123. The molecular formula is C21H27FN4O. The fourth-order valence-electron chi connectivity index (χ4n) is 4.30. The third-order valence-corrected chi connectivity index (χ3v) is 5.78. The van der Waals surface area contributed by atoms with Crippen LogP contribution >= 0.6 is 0 Å². The number of aromatic nitrogens is 2. The van der Waals surface area contributed by atoms with Crippen LogP contribution in [0.5, 0.6) is 0 Å². The molecule has 1 saturated carbocycles. The van der Waals surface area contributed by atoms with Crippen LogP contribution in [-0.4, -0.2) is 21.7 Å². The maximum Gasteiger partial charge on any atom is 0.220 e. The van der Waals surface area contributed by atoms with Crippen LogP contribution in [0.2, 0.25) is 0 Å². The Bertz CT molecular complexity index is 784. The van der Waals surface area contributed by atoms with Gasteiger partial charge in [0.25, 0.3) is 0 Å². The molecule has 1 amide bonds. The first kappa shape index (κ1) is 18.2. The van der Waals surface area contributed by atoms with Crippen LogP contribution in [0.15, 0.2) is 36.7 Å². The van der Waals surface area contributed by atoms with Crippen LogP contribution < -0.4 is 10.6 Å². The molecule has 2 aliphatic rings. The van der Waals surface area contributed by atoms with Gasteiger partial charge in [0.2, 0.25) is 5.91 Å². The number of hydrogen-bond acceptors (Lipinski definition) is 3. The monoisotopic (exact) mass is 370 g/mol. The van der Waals surface area contributed by atoms with E-state index in [1.807, 2.05) is 12.3 Å². The van der Waals surface area contributed by atoms with Crippen molar-refractivity contribution in [3.05, 3.63) is 53.6 Å². The number of carbonyl (C=O) groups is 1. The summed E-state index contributed by atoms with van der Waals surface area (Å²) in [5.41, 5.74) is 1.95. The molecule has 144 valence electrons. The fourth-order valence-corrected chi connectivity index (χ4v) is 4.30. The van der Waals surface area contributed by atoms with Gasteiger partial charge in [0, 0.05) is 30.8 Å². The second-order valence-electron chi connectivity index (χ2n) is 7.75. The first-order valence-electron chi connectivity index (χ1n) is 10.0. The summed E-state index contributed by atoms with van der Waals surface area (Å²) in [5, 5.41) is 11.1. The quantitative estimate of drug-likeness (QED) is 0.845. The molecule has 5 nitrogen and oxygen atoms in total. The molecule has 1 aromatic carbocycles. The van der Waals surface area contributed by atoms with E-state index in [0.29, 0.717) is 19.0 Å². The normalized spacial score (nSPS) is 24.0. The average Bonchev–Trinajstić information content (AvgIpc) is 3.17. The van der Waals surface area contributed by atoms with E-state index in [0.717, 1.165) is 17.5 Å². The SMILES string of the molecule is O=C1CC[C@@H](NCc2cnn(C3CCCCC3)c2)[C@H](c2cccc(F)c2)N1. The van der Waals surface area contributed by atoms with Crippen LogP contribution in [0.4, 0.5) is 4.39 Å². The van der Waals surface area contributed by atoms with Crippen LogP contribution in [0, 0.1) is 5.82 Å². The minimum atomic E-state index is -0.278. The Hall–Kier alpha value is -2.21. The molecule has 2 atom stereocenters. The molecule has 27 heavy (non-hydrogen) atoms. The second-order valence-corrected chi connectivity index (χ2v) is 7.75. The minimum absolute atomic E-state index is 0.0208. The molecule has 1 aromatic heterocycles. The first-order valence-corrected chi connectivity index (χ1v) is 10.0. The van der Waals surface area contributed by atoms with E-state index in [1.54, 1.807) is 6.07 Å². The van der Waals surface area contributed by atoms with E-state index >= 15 is 0 Å². The molecule has 1 saturated heterocycles. The van der Waals surface area contributed by atoms with E-state index in [4.69, 9.17) is 0 Å². The number of amides is 1. The number of nitrogens with zero attached hydrogens (tertiary/aromatic N) is 2. The largest absolute Gasteiger partial charge is 0.348 e. The van der Waals surface area contributed by atoms with Crippen molar-refractivity contribution in [2.45, 2.75) is 69.6 Å². The average molecular weight is 370 g/mol. The summed E-state index contributed by atoms with van der Waals surface area (Å²) in [4.78, 5) is 11.9. The van der Waals surface area contributed by atoms with Crippen LogP contribution in [-0.2, 0) is 11.3 Å². The summed E-state index contributed by atoms with van der Waals surface area (Å²) >= 11 is 0. The van der Waals surface area contributed by atoms with Gasteiger partial charge < -0.3 is 10.6 Å². The highest BCUT2D eigenvalue weighted by atomic mass is 19.1. The van der Waals surface area contributed by atoms with Crippen molar-refractivity contribution in [2.75, 3.05) is 0 Å². The van der Waals surface area contributed by atoms with Crippen molar-refractivity contribution in [2.24, 2.45) is 0 Å². The molecule has 1 aliphatic carbocycles. The Balaban J connectivity index is 1.41. The molecule has 2 N–H and O–H groups in total. The molecule has 0 radical (unpaired) electrons. The Labute approximate surface area is 159 Å². The molecule has 2 aromatic rings. The molecular weight excluding hydrogens is 343 g/mol. The van der Waals surface area contributed by atoms with Gasteiger partial charge in [-0.1, -0.05) is 31.4 Å². The Morgan fingerprint density at radius 2 is 2.07 bits per heavy atom. The molecule has 1 aliphatic heterocycles. The van der Waals surface area contributed by atoms with Gasteiger partial charge >= 0.3 is 0 Å². The number of hydrogen-bond donors (Lipinski definition) is 2. The number of benzene rings is 1. The standard InChI is InChI=1S/C21H27FN4O/c22-17-6-4-5-16(11-17)21-19(9-10-20(27)25-21)23-12-15-13-24-26(14-15)18-7-2-1-3-8-18/h4-6,11,13-14,18-19,21,23H,1-3,7-10,12H2,(H,25,27)/t19-,21+/m1/s1. The number of rotatable bonds is 5. The molecule has 6 heteroatoms. The van der Waals surface area contributed by atoms with E-state index in [-0.39, 0.29) is 23.8 Å². The van der Waals surface area contributed by atoms with Crippen molar-refractivity contribution in [1.82, 2.24) is 20.4 Å². The molecule has 2 fully saturated rings. The van der Waals surface area contributed by atoms with Crippen LogP contribution in [0.3, 0.4) is 0 Å². The zero-order valence-electron chi connectivity index (χ0n) is 15.5. The summed E-state index contributed by atoms with van der Waals surface area (Å²) in [6.45, 7) is 0.694. The third-order valence-electron chi connectivity index (χ3n) is 5.78.